The Morgan fingerprint density at radius 3 is 2.94 bits per heavy atom. The van der Waals surface area contributed by atoms with Crippen LogP contribution >= 0.6 is 15.9 Å². The van der Waals surface area contributed by atoms with Gasteiger partial charge in [-0.05, 0) is 37.1 Å². The largest absolute Gasteiger partial charge is 0.379 e. The van der Waals surface area contributed by atoms with Crippen LogP contribution < -0.4 is 5.32 Å². The highest BCUT2D eigenvalue weighted by molar-refractivity contribution is 9.10. The van der Waals surface area contributed by atoms with Gasteiger partial charge in [0.25, 0.3) is 0 Å². The minimum absolute atomic E-state index is 0.803. The van der Waals surface area contributed by atoms with Crippen LogP contribution in [0.2, 0.25) is 0 Å². The Balaban J connectivity index is 2.06. The Kier molecular flexibility index (Phi) is 4.42. The highest BCUT2D eigenvalue weighted by Crippen LogP contribution is 2.21. The van der Waals surface area contributed by atoms with Crippen LogP contribution in [0.4, 0.5) is 5.69 Å². The average molecular weight is 308 g/mol. The maximum absolute atomic E-state index is 4.33. The number of benzene rings is 1. The van der Waals surface area contributed by atoms with Crippen LogP contribution in [0, 0.1) is 6.92 Å². The lowest BCUT2D eigenvalue weighted by atomic mass is 10.2. The summed E-state index contributed by atoms with van der Waals surface area (Å²) in [5.41, 5.74) is 3.63. The number of aryl methyl sites for hydroxylation is 2. The summed E-state index contributed by atoms with van der Waals surface area (Å²) < 4.78 is 3.15. The van der Waals surface area contributed by atoms with Gasteiger partial charge in [0, 0.05) is 22.9 Å². The Morgan fingerprint density at radius 2 is 2.17 bits per heavy atom. The standard InChI is InChI=1S/C14H18BrN3/c1-3-8-18-13(6-7-17-18)10-16-14-9-12(15)5-4-11(14)2/h4-7,9,16H,3,8,10H2,1-2H3. The van der Waals surface area contributed by atoms with Crippen molar-refractivity contribution in [2.45, 2.75) is 33.4 Å². The van der Waals surface area contributed by atoms with Crippen LogP contribution in [-0.4, -0.2) is 9.78 Å². The highest BCUT2D eigenvalue weighted by atomic mass is 79.9. The third kappa shape index (κ3) is 3.13. The summed E-state index contributed by atoms with van der Waals surface area (Å²) in [4.78, 5) is 0. The molecule has 96 valence electrons. The fraction of sp³-hybridized carbons (Fsp3) is 0.357. The molecule has 0 spiro atoms. The third-order valence-corrected chi connectivity index (χ3v) is 3.39. The van der Waals surface area contributed by atoms with E-state index < -0.39 is 0 Å². The molecule has 18 heavy (non-hydrogen) atoms. The molecule has 0 atom stereocenters. The van der Waals surface area contributed by atoms with E-state index in [4.69, 9.17) is 0 Å². The molecule has 0 radical (unpaired) electrons. The topological polar surface area (TPSA) is 29.9 Å². The number of halogens is 1. The summed E-state index contributed by atoms with van der Waals surface area (Å²) in [5.74, 6) is 0. The maximum Gasteiger partial charge on any atom is 0.0575 e. The van der Waals surface area contributed by atoms with Crippen molar-refractivity contribution in [3.63, 3.8) is 0 Å². The highest BCUT2D eigenvalue weighted by Gasteiger charge is 2.03. The van der Waals surface area contributed by atoms with E-state index in [2.05, 4.69) is 69.1 Å². The number of nitrogens with one attached hydrogen (secondary N) is 1. The SMILES string of the molecule is CCCn1nccc1CNc1cc(Br)ccc1C. The van der Waals surface area contributed by atoms with Gasteiger partial charge in [-0.3, -0.25) is 4.68 Å². The first-order valence-corrected chi connectivity index (χ1v) is 7.00. The molecule has 0 aliphatic carbocycles. The first-order chi connectivity index (χ1) is 8.70. The van der Waals surface area contributed by atoms with Gasteiger partial charge in [0.05, 0.1) is 12.2 Å². The van der Waals surface area contributed by atoms with Gasteiger partial charge in [-0.1, -0.05) is 28.9 Å². The molecule has 0 amide bonds. The molecule has 2 aromatic rings. The Labute approximate surface area is 116 Å². The summed E-state index contributed by atoms with van der Waals surface area (Å²) in [6.45, 7) is 6.05. The lowest BCUT2D eigenvalue weighted by molar-refractivity contribution is 0.578. The van der Waals surface area contributed by atoms with Crippen LogP contribution in [0.25, 0.3) is 0 Å². The molecule has 1 heterocycles. The number of aromatic nitrogens is 2. The summed E-state index contributed by atoms with van der Waals surface area (Å²) in [7, 11) is 0. The van der Waals surface area contributed by atoms with E-state index >= 15 is 0 Å². The van der Waals surface area contributed by atoms with Crippen molar-refractivity contribution in [3.8, 4) is 0 Å². The molecule has 2 rings (SSSR count). The molecule has 0 fully saturated rings. The predicted molar refractivity (Wildman–Crippen MR) is 78.7 cm³/mol. The van der Waals surface area contributed by atoms with Crippen LogP contribution in [0.3, 0.4) is 0 Å². The molecule has 0 bridgehead atoms. The minimum atomic E-state index is 0.803. The van der Waals surface area contributed by atoms with E-state index in [0.717, 1.165) is 29.7 Å². The van der Waals surface area contributed by atoms with Crippen LogP contribution in [-0.2, 0) is 13.1 Å². The number of anilines is 1. The van der Waals surface area contributed by atoms with E-state index in [-0.39, 0.29) is 0 Å². The van der Waals surface area contributed by atoms with Crippen molar-refractivity contribution in [2.24, 2.45) is 0 Å². The zero-order valence-corrected chi connectivity index (χ0v) is 12.4. The van der Waals surface area contributed by atoms with Crippen molar-refractivity contribution in [1.82, 2.24) is 9.78 Å². The Hall–Kier alpha value is -1.29. The number of hydrogen-bond donors (Lipinski definition) is 1. The van der Waals surface area contributed by atoms with Crippen molar-refractivity contribution >= 4 is 21.6 Å². The first kappa shape index (κ1) is 13.1. The molecular weight excluding hydrogens is 290 g/mol. The Bertz CT molecular complexity index is 520. The Morgan fingerprint density at radius 1 is 1.33 bits per heavy atom. The van der Waals surface area contributed by atoms with E-state index in [1.54, 1.807) is 0 Å². The molecule has 1 aromatic heterocycles. The quantitative estimate of drug-likeness (QED) is 0.905. The van der Waals surface area contributed by atoms with Crippen LogP contribution in [0.5, 0.6) is 0 Å². The smallest absolute Gasteiger partial charge is 0.0575 e. The van der Waals surface area contributed by atoms with Gasteiger partial charge in [0.2, 0.25) is 0 Å². The normalized spacial score (nSPS) is 10.6. The van der Waals surface area contributed by atoms with Crippen LogP contribution in [0.15, 0.2) is 34.9 Å². The fourth-order valence-corrected chi connectivity index (χ4v) is 2.25. The molecular formula is C14H18BrN3. The molecule has 4 heteroatoms. The molecule has 1 N–H and O–H groups in total. The fourth-order valence-electron chi connectivity index (χ4n) is 1.89. The van der Waals surface area contributed by atoms with E-state index in [1.165, 1.54) is 11.3 Å². The van der Waals surface area contributed by atoms with E-state index in [9.17, 15) is 0 Å². The minimum Gasteiger partial charge on any atom is -0.379 e. The van der Waals surface area contributed by atoms with Gasteiger partial charge in [0.15, 0.2) is 0 Å². The molecule has 0 aliphatic rings. The van der Waals surface area contributed by atoms with Gasteiger partial charge >= 0.3 is 0 Å². The zero-order chi connectivity index (χ0) is 13.0. The monoisotopic (exact) mass is 307 g/mol. The summed E-state index contributed by atoms with van der Waals surface area (Å²) in [6.07, 6.45) is 2.96. The summed E-state index contributed by atoms with van der Waals surface area (Å²) in [5, 5.41) is 7.79. The van der Waals surface area contributed by atoms with E-state index in [0.29, 0.717) is 0 Å². The van der Waals surface area contributed by atoms with Gasteiger partial charge in [-0.15, -0.1) is 0 Å². The first-order valence-electron chi connectivity index (χ1n) is 6.21. The summed E-state index contributed by atoms with van der Waals surface area (Å²) in [6, 6.07) is 8.34. The molecule has 3 nitrogen and oxygen atoms in total. The van der Waals surface area contributed by atoms with Gasteiger partial charge in [-0.2, -0.15) is 5.10 Å². The molecule has 0 aliphatic heterocycles. The lowest BCUT2D eigenvalue weighted by Crippen LogP contribution is -2.09. The average Bonchev–Trinajstić information content (AvgIpc) is 2.78. The van der Waals surface area contributed by atoms with Crippen molar-refractivity contribution < 1.29 is 0 Å². The second kappa shape index (κ2) is 6.05. The number of rotatable bonds is 5. The zero-order valence-electron chi connectivity index (χ0n) is 10.8. The lowest BCUT2D eigenvalue weighted by Gasteiger charge is -2.11. The third-order valence-electron chi connectivity index (χ3n) is 2.90. The van der Waals surface area contributed by atoms with Gasteiger partial charge in [0.1, 0.15) is 0 Å². The van der Waals surface area contributed by atoms with Crippen molar-refractivity contribution in [3.05, 3.63) is 46.2 Å². The maximum atomic E-state index is 4.33. The van der Waals surface area contributed by atoms with Crippen molar-refractivity contribution in [2.75, 3.05) is 5.32 Å². The predicted octanol–water partition coefficient (Wildman–Crippen LogP) is 3.98. The number of hydrogen-bond acceptors (Lipinski definition) is 2. The van der Waals surface area contributed by atoms with Crippen molar-refractivity contribution in [1.29, 1.82) is 0 Å². The van der Waals surface area contributed by atoms with E-state index in [1.807, 2.05) is 6.20 Å². The molecule has 0 saturated heterocycles. The second-order valence-electron chi connectivity index (χ2n) is 4.36. The summed E-state index contributed by atoms with van der Waals surface area (Å²) >= 11 is 3.50. The van der Waals surface area contributed by atoms with Gasteiger partial charge < -0.3 is 5.32 Å². The molecule has 1 aromatic carbocycles. The number of nitrogens with zero attached hydrogens (tertiary/aromatic N) is 2. The second-order valence-corrected chi connectivity index (χ2v) is 5.27. The van der Waals surface area contributed by atoms with Gasteiger partial charge in [-0.25, -0.2) is 0 Å². The van der Waals surface area contributed by atoms with Crippen LogP contribution in [0.1, 0.15) is 24.6 Å². The molecule has 0 unspecified atom stereocenters. The molecule has 0 saturated carbocycles.